The fourth-order valence-corrected chi connectivity index (χ4v) is 4.14. The molecule has 1 saturated carbocycles. The normalized spacial score (nSPS) is 20.2. The molecule has 0 aromatic carbocycles. The van der Waals surface area contributed by atoms with E-state index in [1.54, 1.807) is 0 Å². The molecular weight excluding hydrogens is 294 g/mol. The fourth-order valence-electron chi connectivity index (χ4n) is 2.57. The van der Waals surface area contributed by atoms with Crippen molar-refractivity contribution >= 4 is 27.3 Å². The second-order valence-electron chi connectivity index (χ2n) is 5.53. The lowest BCUT2D eigenvalue weighted by Gasteiger charge is -2.44. The van der Waals surface area contributed by atoms with Crippen molar-refractivity contribution in [2.45, 2.75) is 38.6 Å². The average molecular weight is 316 g/mol. The third kappa shape index (κ3) is 3.33. The topological polar surface area (TPSA) is 3.24 Å². The van der Waals surface area contributed by atoms with Crippen molar-refractivity contribution in [2.75, 3.05) is 18.9 Å². The number of thiophene rings is 1. The monoisotopic (exact) mass is 315 g/mol. The van der Waals surface area contributed by atoms with Crippen LogP contribution in [0.1, 0.15) is 31.1 Å². The van der Waals surface area contributed by atoms with Crippen LogP contribution in [0.2, 0.25) is 0 Å². The van der Waals surface area contributed by atoms with E-state index in [0.717, 1.165) is 5.33 Å². The lowest BCUT2D eigenvalue weighted by molar-refractivity contribution is 0.0865. The van der Waals surface area contributed by atoms with E-state index in [0.29, 0.717) is 11.5 Å². The Morgan fingerprint density at radius 1 is 1.53 bits per heavy atom. The zero-order chi connectivity index (χ0) is 12.3. The summed E-state index contributed by atoms with van der Waals surface area (Å²) in [4.78, 5) is 4.05. The summed E-state index contributed by atoms with van der Waals surface area (Å²) < 4.78 is 0. The molecule has 0 saturated heterocycles. The van der Waals surface area contributed by atoms with Gasteiger partial charge in [-0.2, -0.15) is 0 Å². The van der Waals surface area contributed by atoms with Crippen LogP contribution in [-0.4, -0.2) is 29.9 Å². The minimum atomic E-state index is 0.568. The third-order valence-electron chi connectivity index (χ3n) is 4.11. The maximum Gasteiger partial charge on any atom is 0.0112 e. The molecule has 1 aromatic rings. The molecule has 1 aliphatic rings. The molecular formula is C14H22BrNS. The summed E-state index contributed by atoms with van der Waals surface area (Å²) in [6, 6.07) is 5.04. The van der Waals surface area contributed by atoms with E-state index >= 15 is 0 Å². The van der Waals surface area contributed by atoms with E-state index in [-0.39, 0.29) is 0 Å². The molecule has 17 heavy (non-hydrogen) atoms. The Morgan fingerprint density at radius 3 is 2.76 bits per heavy atom. The van der Waals surface area contributed by atoms with Crippen LogP contribution >= 0.6 is 27.3 Å². The van der Waals surface area contributed by atoms with Gasteiger partial charge >= 0.3 is 0 Å². The molecule has 1 aliphatic carbocycles. The maximum absolute atomic E-state index is 3.70. The molecule has 96 valence electrons. The summed E-state index contributed by atoms with van der Waals surface area (Å²) in [5.74, 6) is 0. The molecule has 3 heteroatoms. The maximum atomic E-state index is 3.70. The van der Waals surface area contributed by atoms with Gasteiger partial charge in [-0.3, -0.25) is 0 Å². The highest BCUT2D eigenvalue weighted by atomic mass is 79.9. The van der Waals surface area contributed by atoms with Crippen LogP contribution in [0.4, 0.5) is 0 Å². The second-order valence-corrected chi connectivity index (χ2v) is 7.13. The molecule has 1 heterocycles. The lowest BCUT2D eigenvalue weighted by atomic mass is 9.70. The van der Waals surface area contributed by atoms with Gasteiger partial charge in [0.15, 0.2) is 0 Å². The largest absolute Gasteiger partial charge is 0.303 e. The van der Waals surface area contributed by atoms with Gasteiger partial charge in [0.25, 0.3) is 0 Å². The Labute approximate surface area is 117 Å². The van der Waals surface area contributed by atoms with Gasteiger partial charge in [0.05, 0.1) is 0 Å². The Morgan fingerprint density at radius 2 is 2.29 bits per heavy atom. The number of alkyl halides is 1. The Bertz CT molecular complexity index is 326. The first-order valence-corrected chi connectivity index (χ1v) is 8.44. The molecule has 0 aliphatic heterocycles. The Balaban J connectivity index is 1.84. The van der Waals surface area contributed by atoms with E-state index in [9.17, 15) is 0 Å². The number of halogens is 1. The number of rotatable bonds is 6. The standard InChI is InChI=1S/C14H22BrNS/c1-12(9-13-5-3-8-17-13)16(2)11-14(10-15)6-4-7-14/h3,5,8,12H,4,6-7,9-11H2,1-2H3. The van der Waals surface area contributed by atoms with Crippen molar-refractivity contribution in [3.63, 3.8) is 0 Å². The zero-order valence-corrected chi connectivity index (χ0v) is 13.2. The molecule has 1 fully saturated rings. The van der Waals surface area contributed by atoms with Crippen LogP contribution in [0, 0.1) is 5.41 Å². The van der Waals surface area contributed by atoms with Gasteiger partial charge in [0.2, 0.25) is 0 Å². The van der Waals surface area contributed by atoms with E-state index in [2.05, 4.69) is 52.3 Å². The molecule has 0 bridgehead atoms. The van der Waals surface area contributed by atoms with Gasteiger partial charge < -0.3 is 4.90 Å². The molecule has 0 amide bonds. The second kappa shape index (κ2) is 5.85. The molecule has 0 spiro atoms. The van der Waals surface area contributed by atoms with Gasteiger partial charge in [-0.25, -0.2) is 0 Å². The molecule has 1 atom stereocenters. The van der Waals surface area contributed by atoms with Crippen molar-refractivity contribution in [2.24, 2.45) is 5.41 Å². The minimum absolute atomic E-state index is 0.568. The third-order valence-corrected chi connectivity index (χ3v) is 6.20. The van der Waals surface area contributed by atoms with Gasteiger partial charge in [-0.15, -0.1) is 11.3 Å². The smallest absolute Gasteiger partial charge is 0.0112 e. The van der Waals surface area contributed by atoms with E-state index in [1.165, 1.54) is 37.1 Å². The van der Waals surface area contributed by atoms with E-state index in [1.807, 2.05) is 11.3 Å². The quantitative estimate of drug-likeness (QED) is 0.712. The lowest BCUT2D eigenvalue weighted by Crippen LogP contribution is -2.45. The first kappa shape index (κ1) is 13.6. The predicted molar refractivity (Wildman–Crippen MR) is 80.2 cm³/mol. The van der Waals surface area contributed by atoms with Crippen LogP contribution in [0.5, 0.6) is 0 Å². The summed E-state index contributed by atoms with van der Waals surface area (Å²) in [5, 5.41) is 3.34. The average Bonchev–Trinajstić information content (AvgIpc) is 2.75. The van der Waals surface area contributed by atoms with Crippen molar-refractivity contribution in [3.8, 4) is 0 Å². The van der Waals surface area contributed by atoms with Crippen LogP contribution < -0.4 is 0 Å². The van der Waals surface area contributed by atoms with Gasteiger partial charge in [0, 0.05) is 22.8 Å². The van der Waals surface area contributed by atoms with Crippen LogP contribution in [-0.2, 0) is 6.42 Å². The van der Waals surface area contributed by atoms with Crippen LogP contribution in [0.15, 0.2) is 17.5 Å². The molecule has 1 nitrogen and oxygen atoms in total. The zero-order valence-electron chi connectivity index (χ0n) is 10.8. The number of nitrogens with zero attached hydrogens (tertiary/aromatic N) is 1. The first-order chi connectivity index (χ1) is 8.15. The molecule has 0 N–H and O–H groups in total. The van der Waals surface area contributed by atoms with Crippen molar-refractivity contribution in [1.29, 1.82) is 0 Å². The predicted octanol–water partition coefficient (Wildman–Crippen LogP) is 4.18. The van der Waals surface area contributed by atoms with E-state index < -0.39 is 0 Å². The molecule has 1 aromatic heterocycles. The van der Waals surface area contributed by atoms with Crippen molar-refractivity contribution in [1.82, 2.24) is 4.90 Å². The number of hydrogen-bond acceptors (Lipinski definition) is 2. The van der Waals surface area contributed by atoms with Gasteiger partial charge in [-0.05, 0) is 50.1 Å². The number of hydrogen-bond donors (Lipinski definition) is 0. The molecule has 2 rings (SSSR count). The van der Waals surface area contributed by atoms with Gasteiger partial charge in [-0.1, -0.05) is 28.4 Å². The minimum Gasteiger partial charge on any atom is -0.303 e. The summed E-state index contributed by atoms with van der Waals surface area (Å²) in [5.41, 5.74) is 0.568. The first-order valence-electron chi connectivity index (χ1n) is 6.44. The van der Waals surface area contributed by atoms with Crippen LogP contribution in [0.25, 0.3) is 0 Å². The van der Waals surface area contributed by atoms with Crippen molar-refractivity contribution < 1.29 is 0 Å². The summed E-state index contributed by atoms with van der Waals surface area (Å²) in [7, 11) is 2.28. The van der Waals surface area contributed by atoms with Gasteiger partial charge in [0.1, 0.15) is 0 Å². The fraction of sp³-hybridized carbons (Fsp3) is 0.714. The van der Waals surface area contributed by atoms with Crippen molar-refractivity contribution in [3.05, 3.63) is 22.4 Å². The SMILES string of the molecule is CC(Cc1cccs1)N(C)CC1(CBr)CCC1. The molecule has 0 radical (unpaired) electrons. The highest BCUT2D eigenvalue weighted by Gasteiger charge is 2.37. The number of likely N-dealkylation sites (N-methyl/N-ethyl adjacent to an activating group) is 1. The Hall–Kier alpha value is 0.140. The molecule has 1 unspecified atom stereocenters. The summed E-state index contributed by atoms with van der Waals surface area (Å²) >= 11 is 5.57. The highest BCUT2D eigenvalue weighted by Crippen LogP contribution is 2.43. The summed E-state index contributed by atoms with van der Waals surface area (Å²) in [6.45, 7) is 3.59. The van der Waals surface area contributed by atoms with E-state index in [4.69, 9.17) is 0 Å². The van der Waals surface area contributed by atoms with Crippen LogP contribution in [0.3, 0.4) is 0 Å². The highest BCUT2D eigenvalue weighted by molar-refractivity contribution is 9.09. The summed E-state index contributed by atoms with van der Waals surface area (Å²) in [6.07, 6.45) is 5.40. The Kier molecular flexibility index (Phi) is 4.67.